The Balaban J connectivity index is 0.00000261. The summed E-state index contributed by atoms with van der Waals surface area (Å²) in [4.78, 5) is 31.3. The second-order valence-electron chi connectivity index (χ2n) is 7.31. The topological polar surface area (TPSA) is 55.9 Å². The number of rotatable bonds is 6. The molecule has 27 heavy (non-hydrogen) atoms. The number of halogens is 1. The summed E-state index contributed by atoms with van der Waals surface area (Å²) in [5.41, 5.74) is 1.30. The van der Waals surface area contributed by atoms with E-state index < -0.39 is 0 Å². The highest BCUT2D eigenvalue weighted by Gasteiger charge is 2.31. The molecule has 1 atom stereocenters. The lowest BCUT2D eigenvalue weighted by Gasteiger charge is -2.36. The lowest BCUT2D eigenvalue weighted by Crippen LogP contribution is -2.57. The SMILES string of the molecule is CN1CCN(C(=O)CC2NCCN(CCCc3ccccc3)C2=O)CC1.Cl. The number of aryl methyl sites for hydroxylation is 1. The molecule has 2 heterocycles. The summed E-state index contributed by atoms with van der Waals surface area (Å²) in [5, 5.41) is 3.24. The molecular weight excluding hydrogens is 364 g/mol. The number of carbonyl (C=O) groups excluding carboxylic acids is 2. The molecule has 2 saturated heterocycles. The molecular formula is C20H31ClN4O2. The molecule has 2 aliphatic heterocycles. The minimum absolute atomic E-state index is 0. The summed E-state index contributed by atoms with van der Waals surface area (Å²) in [5.74, 6) is 0.168. The molecule has 1 N–H and O–H groups in total. The number of carbonyl (C=O) groups is 2. The third-order valence-electron chi connectivity index (χ3n) is 5.35. The lowest BCUT2D eigenvalue weighted by molar-refractivity contribution is -0.141. The summed E-state index contributed by atoms with van der Waals surface area (Å²) in [6.45, 7) is 5.58. The van der Waals surface area contributed by atoms with Crippen LogP contribution in [0.2, 0.25) is 0 Å². The third-order valence-corrected chi connectivity index (χ3v) is 5.35. The predicted octanol–water partition coefficient (Wildman–Crippen LogP) is 1.01. The number of hydrogen-bond acceptors (Lipinski definition) is 4. The average molecular weight is 395 g/mol. The van der Waals surface area contributed by atoms with Crippen LogP contribution in [0, 0.1) is 0 Å². The molecule has 1 aromatic carbocycles. The van der Waals surface area contributed by atoms with Gasteiger partial charge in [-0.1, -0.05) is 30.3 Å². The second kappa shape index (κ2) is 10.6. The normalized spacial score (nSPS) is 21.1. The van der Waals surface area contributed by atoms with Gasteiger partial charge in [-0.2, -0.15) is 0 Å². The van der Waals surface area contributed by atoms with Gasteiger partial charge in [-0.25, -0.2) is 0 Å². The maximum absolute atomic E-state index is 12.7. The Hall–Kier alpha value is -1.63. The fourth-order valence-corrected chi connectivity index (χ4v) is 3.65. The van der Waals surface area contributed by atoms with E-state index in [0.717, 1.165) is 58.7 Å². The van der Waals surface area contributed by atoms with Crippen LogP contribution in [0.1, 0.15) is 18.4 Å². The molecule has 1 unspecified atom stereocenters. The first kappa shape index (κ1) is 21.7. The minimum Gasteiger partial charge on any atom is -0.340 e. The van der Waals surface area contributed by atoms with Crippen LogP contribution in [0.3, 0.4) is 0 Å². The quantitative estimate of drug-likeness (QED) is 0.782. The van der Waals surface area contributed by atoms with Crippen molar-refractivity contribution in [3.8, 4) is 0 Å². The zero-order valence-electron chi connectivity index (χ0n) is 16.1. The smallest absolute Gasteiger partial charge is 0.240 e. The number of nitrogens with zero attached hydrogens (tertiary/aromatic N) is 3. The van der Waals surface area contributed by atoms with Gasteiger partial charge < -0.3 is 20.0 Å². The van der Waals surface area contributed by atoms with Crippen LogP contribution >= 0.6 is 12.4 Å². The molecule has 0 saturated carbocycles. The van der Waals surface area contributed by atoms with Gasteiger partial charge in [-0.15, -0.1) is 12.4 Å². The van der Waals surface area contributed by atoms with Crippen LogP contribution in [0.25, 0.3) is 0 Å². The molecule has 150 valence electrons. The van der Waals surface area contributed by atoms with Crippen molar-refractivity contribution < 1.29 is 9.59 Å². The molecule has 0 bridgehead atoms. The van der Waals surface area contributed by atoms with Crippen molar-refractivity contribution in [1.29, 1.82) is 0 Å². The van der Waals surface area contributed by atoms with E-state index in [1.807, 2.05) is 28.0 Å². The Morgan fingerprint density at radius 3 is 2.52 bits per heavy atom. The summed E-state index contributed by atoms with van der Waals surface area (Å²) in [6, 6.07) is 9.99. The largest absolute Gasteiger partial charge is 0.340 e. The number of hydrogen-bond donors (Lipinski definition) is 1. The summed E-state index contributed by atoms with van der Waals surface area (Å²) in [6.07, 6.45) is 2.20. The maximum atomic E-state index is 12.7. The van der Waals surface area contributed by atoms with Gasteiger partial charge in [0.05, 0.1) is 12.5 Å². The van der Waals surface area contributed by atoms with Crippen molar-refractivity contribution >= 4 is 24.2 Å². The van der Waals surface area contributed by atoms with Crippen molar-refractivity contribution in [2.24, 2.45) is 0 Å². The van der Waals surface area contributed by atoms with Gasteiger partial charge in [0.25, 0.3) is 0 Å². The second-order valence-corrected chi connectivity index (χ2v) is 7.31. The van der Waals surface area contributed by atoms with Crippen LogP contribution < -0.4 is 5.32 Å². The van der Waals surface area contributed by atoms with Crippen LogP contribution in [0.15, 0.2) is 30.3 Å². The van der Waals surface area contributed by atoms with Gasteiger partial charge >= 0.3 is 0 Å². The fraction of sp³-hybridized carbons (Fsp3) is 0.600. The predicted molar refractivity (Wildman–Crippen MR) is 109 cm³/mol. The van der Waals surface area contributed by atoms with Gasteiger partial charge in [0.2, 0.25) is 11.8 Å². The number of amides is 2. The molecule has 2 amide bonds. The first-order valence-corrected chi connectivity index (χ1v) is 9.66. The van der Waals surface area contributed by atoms with E-state index in [-0.39, 0.29) is 36.7 Å². The first-order valence-electron chi connectivity index (χ1n) is 9.66. The molecule has 2 fully saturated rings. The summed E-state index contributed by atoms with van der Waals surface area (Å²) in [7, 11) is 2.07. The molecule has 2 aliphatic rings. The van der Waals surface area contributed by atoms with Gasteiger partial charge in [0.1, 0.15) is 0 Å². The van der Waals surface area contributed by atoms with E-state index in [1.165, 1.54) is 5.56 Å². The Morgan fingerprint density at radius 1 is 1.11 bits per heavy atom. The van der Waals surface area contributed by atoms with E-state index >= 15 is 0 Å². The summed E-state index contributed by atoms with van der Waals surface area (Å²) >= 11 is 0. The number of nitrogens with one attached hydrogen (secondary N) is 1. The molecule has 0 aromatic heterocycles. The van der Waals surface area contributed by atoms with Crippen LogP contribution in [-0.4, -0.2) is 85.4 Å². The van der Waals surface area contributed by atoms with Crippen LogP contribution in [0.4, 0.5) is 0 Å². The van der Waals surface area contributed by atoms with Crippen molar-refractivity contribution in [3.05, 3.63) is 35.9 Å². The van der Waals surface area contributed by atoms with Crippen molar-refractivity contribution in [1.82, 2.24) is 20.0 Å². The van der Waals surface area contributed by atoms with Crippen LogP contribution in [-0.2, 0) is 16.0 Å². The van der Waals surface area contributed by atoms with Crippen molar-refractivity contribution in [3.63, 3.8) is 0 Å². The summed E-state index contributed by atoms with van der Waals surface area (Å²) < 4.78 is 0. The molecule has 0 radical (unpaired) electrons. The standard InChI is InChI=1S/C20H30N4O2.ClH/c1-22-12-14-23(15-13-22)19(25)16-18-20(26)24(11-9-21-18)10-5-8-17-6-3-2-4-7-17;/h2-4,6-7,18,21H,5,8-16H2,1H3;1H. The van der Waals surface area contributed by atoms with E-state index in [2.05, 4.69) is 29.4 Å². The Bertz CT molecular complexity index is 605. The fourth-order valence-electron chi connectivity index (χ4n) is 3.65. The van der Waals surface area contributed by atoms with Gasteiger partial charge in [0, 0.05) is 45.8 Å². The van der Waals surface area contributed by atoms with Gasteiger partial charge in [-0.3, -0.25) is 9.59 Å². The molecule has 0 spiro atoms. The maximum Gasteiger partial charge on any atom is 0.240 e. The first-order chi connectivity index (χ1) is 12.6. The van der Waals surface area contributed by atoms with E-state index in [9.17, 15) is 9.59 Å². The number of benzene rings is 1. The Labute approximate surface area is 168 Å². The van der Waals surface area contributed by atoms with Crippen molar-refractivity contribution in [2.45, 2.75) is 25.3 Å². The highest BCUT2D eigenvalue weighted by Crippen LogP contribution is 2.11. The molecule has 6 nitrogen and oxygen atoms in total. The van der Waals surface area contributed by atoms with E-state index in [1.54, 1.807) is 0 Å². The van der Waals surface area contributed by atoms with E-state index in [0.29, 0.717) is 0 Å². The zero-order chi connectivity index (χ0) is 18.4. The molecule has 0 aliphatic carbocycles. The molecule has 3 rings (SSSR count). The van der Waals surface area contributed by atoms with Gasteiger partial charge in [-0.05, 0) is 25.5 Å². The minimum atomic E-state index is -0.368. The highest BCUT2D eigenvalue weighted by molar-refractivity contribution is 5.89. The van der Waals surface area contributed by atoms with E-state index in [4.69, 9.17) is 0 Å². The molecule has 7 heteroatoms. The Kier molecular flexibility index (Phi) is 8.54. The van der Waals surface area contributed by atoms with Crippen molar-refractivity contribution in [2.75, 3.05) is 52.9 Å². The third kappa shape index (κ3) is 6.19. The monoisotopic (exact) mass is 394 g/mol. The lowest BCUT2D eigenvalue weighted by atomic mass is 10.1. The number of likely N-dealkylation sites (N-methyl/N-ethyl adjacent to an activating group) is 1. The Morgan fingerprint density at radius 2 is 1.81 bits per heavy atom. The zero-order valence-corrected chi connectivity index (χ0v) is 16.9. The average Bonchev–Trinajstić information content (AvgIpc) is 2.66. The van der Waals surface area contributed by atoms with Gasteiger partial charge in [0.15, 0.2) is 0 Å². The number of piperazine rings is 2. The molecule has 1 aromatic rings. The van der Waals surface area contributed by atoms with Crippen LogP contribution in [0.5, 0.6) is 0 Å². The highest BCUT2D eigenvalue weighted by atomic mass is 35.5.